The molecule has 0 bridgehead atoms. The van der Waals surface area contributed by atoms with Gasteiger partial charge in [0.05, 0.1) is 26.4 Å². The minimum Gasteiger partial charge on any atom is -0.395 e. The Morgan fingerprint density at radius 2 is 0.905 bits per heavy atom. The molecule has 8 nitrogen and oxygen atoms in total. The molecule has 0 aromatic carbocycles. The van der Waals surface area contributed by atoms with Crippen LogP contribution in [0.15, 0.2) is 0 Å². The van der Waals surface area contributed by atoms with Crippen LogP contribution in [0.1, 0.15) is 19.3 Å². The monoisotopic (exact) mass is 306 g/mol. The van der Waals surface area contributed by atoms with Crippen molar-refractivity contribution >= 4 is 11.8 Å². The van der Waals surface area contributed by atoms with Crippen molar-refractivity contribution in [3.8, 4) is 0 Å². The number of hydrogen-bond donors (Lipinski definition) is 4. The molecule has 0 atom stereocenters. The molecule has 4 N–H and O–H groups in total. The SMILES string of the molecule is O=C(CCCC(=O)N(CCO)CCO)N(CCO)CCO. The van der Waals surface area contributed by atoms with Crippen molar-refractivity contribution in [2.24, 2.45) is 0 Å². The maximum Gasteiger partial charge on any atom is 0.222 e. The number of hydrogen-bond acceptors (Lipinski definition) is 6. The summed E-state index contributed by atoms with van der Waals surface area (Å²) >= 11 is 0. The highest BCUT2D eigenvalue weighted by molar-refractivity contribution is 5.79. The maximum atomic E-state index is 11.8. The third kappa shape index (κ3) is 8.61. The second-order valence-corrected chi connectivity index (χ2v) is 4.51. The summed E-state index contributed by atoms with van der Waals surface area (Å²) in [4.78, 5) is 26.4. The summed E-state index contributed by atoms with van der Waals surface area (Å²) < 4.78 is 0. The molecule has 0 aliphatic carbocycles. The first-order chi connectivity index (χ1) is 10.1. The van der Waals surface area contributed by atoms with Crippen molar-refractivity contribution in [2.75, 3.05) is 52.6 Å². The molecule has 0 aliphatic rings. The number of rotatable bonds is 12. The minimum atomic E-state index is -0.221. The van der Waals surface area contributed by atoms with Crippen molar-refractivity contribution in [3.05, 3.63) is 0 Å². The average molecular weight is 306 g/mol. The smallest absolute Gasteiger partial charge is 0.222 e. The first-order valence-corrected chi connectivity index (χ1v) is 7.09. The fourth-order valence-corrected chi connectivity index (χ4v) is 1.91. The number of nitrogens with zero attached hydrogens (tertiary/aromatic N) is 2. The molecule has 0 fully saturated rings. The van der Waals surface area contributed by atoms with E-state index in [1.54, 1.807) is 0 Å². The van der Waals surface area contributed by atoms with Gasteiger partial charge in [-0.3, -0.25) is 9.59 Å². The van der Waals surface area contributed by atoms with E-state index in [-0.39, 0.29) is 77.3 Å². The van der Waals surface area contributed by atoms with E-state index in [4.69, 9.17) is 20.4 Å². The Labute approximate surface area is 124 Å². The van der Waals surface area contributed by atoms with Gasteiger partial charge in [0.25, 0.3) is 0 Å². The van der Waals surface area contributed by atoms with Crippen LogP contribution >= 0.6 is 0 Å². The molecule has 124 valence electrons. The van der Waals surface area contributed by atoms with Crippen LogP contribution in [0.3, 0.4) is 0 Å². The van der Waals surface area contributed by atoms with E-state index in [0.29, 0.717) is 6.42 Å². The van der Waals surface area contributed by atoms with Crippen LogP contribution in [0.25, 0.3) is 0 Å². The van der Waals surface area contributed by atoms with Gasteiger partial charge >= 0.3 is 0 Å². The Morgan fingerprint density at radius 1 is 0.619 bits per heavy atom. The van der Waals surface area contributed by atoms with Gasteiger partial charge in [0.1, 0.15) is 0 Å². The van der Waals surface area contributed by atoms with Crippen LogP contribution in [0.2, 0.25) is 0 Å². The summed E-state index contributed by atoms with van der Waals surface area (Å²) in [6.07, 6.45) is 0.647. The summed E-state index contributed by atoms with van der Waals surface area (Å²) in [7, 11) is 0. The molecule has 8 heteroatoms. The van der Waals surface area contributed by atoms with Gasteiger partial charge in [-0.05, 0) is 6.42 Å². The normalized spacial score (nSPS) is 10.5. The Balaban J connectivity index is 4.14. The number of carbonyl (C=O) groups excluding carboxylic acids is 2. The lowest BCUT2D eigenvalue weighted by molar-refractivity contribution is -0.134. The van der Waals surface area contributed by atoms with Gasteiger partial charge in [-0.2, -0.15) is 0 Å². The zero-order valence-electron chi connectivity index (χ0n) is 12.3. The standard InChI is InChI=1S/C13H26N2O6/c16-8-4-14(5-9-17)12(20)2-1-3-13(21)15(6-10-18)7-11-19/h16-19H,1-11H2. The molecule has 0 saturated heterocycles. The van der Waals surface area contributed by atoms with Crippen LogP contribution in [-0.2, 0) is 9.59 Å². The van der Waals surface area contributed by atoms with E-state index < -0.39 is 0 Å². The molecular formula is C13H26N2O6. The van der Waals surface area contributed by atoms with Gasteiger partial charge < -0.3 is 30.2 Å². The number of aliphatic hydroxyl groups is 4. The van der Waals surface area contributed by atoms with Crippen molar-refractivity contribution in [3.63, 3.8) is 0 Å². The predicted molar refractivity (Wildman–Crippen MR) is 75.4 cm³/mol. The van der Waals surface area contributed by atoms with Gasteiger partial charge in [0, 0.05) is 39.0 Å². The highest BCUT2D eigenvalue weighted by Gasteiger charge is 2.15. The molecule has 0 radical (unpaired) electrons. The van der Waals surface area contributed by atoms with Crippen LogP contribution in [0.5, 0.6) is 0 Å². The van der Waals surface area contributed by atoms with Gasteiger partial charge in [-0.15, -0.1) is 0 Å². The van der Waals surface area contributed by atoms with Crippen LogP contribution in [0.4, 0.5) is 0 Å². The van der Waals surface area contributed by atoms with Crippen LogP contribution in [0, 0.1) is 0 Å². The number of aliphatic hydroxyl groups excluding tert-OH is 4. The molecule has 0 aromatic heterocycles. The van der Waals surface area contributed by atoms with E-state index in [2.05, 4.69) is 0 Å². The van der Waals surface area contributed by atoms with Crippen molar-refractivity contribution in [2.45, 2.75) is 19.3 Å². The van der Waals surface area contributed by atoms with E-state index in [0.717, 1.165) is 0 Å². The highest BCUT2D eigenvalue weighted by atomic mass is 16.3. The van der Waals surface area contributed by atoms with Crippen molar-refractivity contribution < 1.29 is 30.0 Å². The average Bonchev–Trinajstić information content (AvgIpc) is 2.46. The minimum absolute atomic E-state index is 0.151. The van der Waals surface area contributed by atoms with Gasteiger partial charge in [0.15, 0.2) is 0 Å². The van der Waals surface area contributed by atoms with E-state index in [1.807, 2.05) is 0 Å². The molecular weight excluding hydrogens is 280 g/mol. The zero-order valence-corrected chi connectivity index (χ0v) is 12.3. The van der Waals surface area contributed by atoms with E-state index in [1.165, 1.54) is 9.80 Å². The highest BCUT2D eigenvalue weighted by Crippen LogP contribution is 2.04. The second-order valence-electron chi connectivity index (χ2n) is 4.51. The fraction of sp³-hybridized carbons (Fsp3) is 0.846. The fourth-order valence-electron chi connectivity index (χ4n) is 1.91. The zero-order chi connectivity index (χ0) is 16.1. The van der Waals surface area contributed by atoms with Crippen LogP contribution in [-0.4, -0.2) is 94.6 Å². The molecule has 0 aliphatic heterocycles. The Bertz CT molecular complexity index is 260. The van der Waals surface area contributed by atoms with Crippen molar-refractivity contribution in [1.82, 2.24) is 9.80 Å². The Morgan fingerprint density at radius 3 is 1.14 bits per heavy atom. The third-order valence-electron chi connectivity index (χ3n) is 2.97. The van der Waals surface area contributed by atoms with E-state index >= 15 is 0 Å². The van der Waals surface area contributed by atoms with Gasteiger partial charge in [0.2, 0.25) is 11.8 Å². The molecule has 21 heavy (non-hydrogen) atoms. The second kappa shape index (κ2) is 12.5. The topological polar surface area (TPSA) is 122 Å². The Hall–Kier alpha value is -1.22. The molecule has 0 heterocycles. The first-order valence-electron chi connectivity index (χ1n) is 7.09. The van der Waals surface area contributed by atoms with Gasteiger partial charge in [-0.1, -0.05) is 0 Å². The number of carbonyl (C=O) groups is 2. The summed E-state index contributed by atoms with van der Waals surface area (Å²) in [6, 6.07) is 0. The summed E-state index contributed by atoms with van der Waals surface area (Å²) in [5, 5.41) is 35.3. The van der Waals surface area contributed by atoms with Crippen LogP contribution < -0.4 is 0 Å². The third-order valence-corrected chi connectivity index (χ3v) is 2.97. The molecule has 0 rings (SSSR count). The largest absolute Gasteiger partial charge is 0.395 e. The molecule has 2 amide bonds. The maximum absolute atomic E-state index is 11.8. The lowest BCUT2D eigenvalue weighted by Gasteiger charge is -2.22. The molecule has 0 spiro atoms. The Kier molecular flexibility index (Phi) is 11.8. The van der Waals surface area contributed by atoms with Gasteiger partial charge in [-0.25, -0.2) is 0 Å². The summed E-state index contributed by atoms with van der Waals surface area (Å²) in [6.45, 7) is -0.0558. The van der Waals surface area contributed by atoms with Crippen molar-refractivity contribution in [1.29, 1.82) is 0 Å². The first kappa shape index (κ1) is 19.8. The van der Waals surface area contributed by atoms with E-state index in [9.17, 15) is 9.59 Å². The predicted octanol–water partition coefficient (Wildman–Crippen LogP) is -2.22. The molecule has 0 unspecified atom stereocenters. The molecule has 0 saturated carbocycles. The summed E-state index contributed by atoms with van der Waals surface area (Å²) in [5.41, 5.74) is 0. The lowest BCUT2D eigenvalue weighted by atomic mass is 10.2. The number of amides is 2. The quantitative estimate of drug-likeness (QED) is 0.324. The molecule has 0 aromatic rings. The summed E-state index contributed by atoms with van der Waals surface area (Å²) in [5.74, 6) is -0.441. The lowest BCUT2D eigenvalue weighted by Crippen LogP contribution is -2.37.